The van der Waals surface area contributed by atoms with Crippen molar-refractivity contribution in [3.63, 3.8) is 0 Å². The van der Waals surface area contributed by atoms with Crippen LogP contribution in [0.3, 0.4) is 0 Å². The van der Waals surface area contributed by atoms with Crippen LogP contribution in [0.25, 0.3) is 0 Å². The maximum atomic E-state index is 11.6. The Morgan fingerprint density at radius 1 is 1.24 bits per heavy atom. The average Bonchev–Trinajstić information content (AvgIpc) is 2.24. The van der Waals surface area contributed by atoms with Crippen molar-refractivity contribution >= 4 is 5.91 Å². The minimum absolute atomic E-state index is 0.00623. The molecule has 3 heteroatoms. The lowest BCUT2D eigenvalue weighted by Crippen LogP contribution is -2.39. The van der Waals surface area contributed by atoms with Crippen molar-refractivity contribution in [2.45, 2.75) is 65.4 Å². The fraction of sp³-hybridized carbons (Fsp3) is 0.929. The van der Waals surface area contributed by atoms with Crippen LogP contribution in [-0.2, 0) is 9.53 Å². The minimum atomic E-state index is -0.244. The lowest BCUT2D eigenvalue weighted by atomic mass is 9.76. The first-order valence-corrected chi connectivity index (χ1v) is 6.71. The van der Waals surface area contributed by atoms with Crippen molar-refractivity contribution < 1.29 is 9.53 Å². The maximum Gasteiger partial charge on any atom is 0.246 e. The van der Waals surface area contributed by atoms with Crippen LogP contribution in [0.1, 0.15) is 59.8 Å². The van der Waals surface area contributed by atoms with E-state index in [9.17, 15) is 4.79 Å². The molecular weight excluding hydrogens is 214 g/mol. The lowest BCUT2D eigenvalue weighted by molar-refractivity contribution is -0.131. The van der Waals surface area contributed by atoms with Gasteiger partial charge in [-0.1, -0.05) is 26.2 Å². The number of carbonyl (C=O) groups is 1. The maximum absolute atomic E-state index is 11.6. The molecule has 0 aliphatic heterocycles. The summed E-state index contributed by atoms with van der Waals surface area (Å²) in [5.74, 6) is 0.00623. The van der Waals surface area contributed by atoms with E-state index in [2.05, 4.69) is 12.2 Å². The van der Waals surface area contributed by atoms with Gasteiger partial charge in [-0.3, -0.25) is 4.79 Å². The number of nitrogens with one attached hydrogen (secondary N) is 1. The van der Waals surface area contributed by atoms with E-state index in [4.69, 9.17) is 4.74 Å². The standard InChI is InChI=1S/C14H27NO2/c1-13(2,3)17-10-12(16)15-11-14(4)8-6-5-7-9-14/h5-11H2,1-4H3,(H,15,16). The van der Waals surface area contributed by atoms with Gasteiger partial charge in [-0.25, -0.2) is 0 Å². The second-order valence-electron chi connectivity index (χ2n) is 6.55. The molecule has 1 amide bonds. The molecule has 1 rings (SSSR count). The molecule has 0 aromatic rings. The highest BCUT2D eigenvalue weighted by molar-refractivity contribution is 5.77. The van der Waals surface area contributed by atoms with Crippen LogP contribution in [0, 0.1) is 5.41 Å². The zero-order valence-corrected chi connectivity index (χ0v) is 11.8. The third kappa shape index (κ3) is 6.06. The van der Waals surface area contributed by atoms with E-state index in [0.717, 1.165) is 6.54 Å². The summed E-state index contributed by atoms with van der Waals surface area (Å²) < 4.78 is 5.45. The van der Waals surface area contributed by atoms with Gasteiger partial charge in [-0.05, 0) is 39.0 Å². The van der Waals surface area contributed by atoms with Crippen LogP contribution in [0.5, 0.6) is 0 Å². The second-order valence-corrected chi connectivity index (χ2v) is 6.55. The number of amides is 1. The summed E-state index contributed by atoms with van der Waals surface area (Å²) in [6, 6.07) is 0. The third-order valence-corrected chi connectivity index (χ3v) is 3.41. The van der Waals surface area contributed by atoms with E-state index >= 15 is 0 Å². The molecule has 100 valence electrons. The number of ether oxygens (including phenoxy) is 1. The fourth-order valence-electron chi connectivity index (χ4n) is 2.23. The van der Waals surface area contributed by atoms with Gasteiger partial charge in [0.05, 0.1) is 5.60 Å². The van der Waals surface area contributed by atoms with Crippen molar-refractivity contribution in [3.8, 4) is 0 Å². The Bertz CT molecular complexity index is 249. The molecule has 1 aliphatic carbocycles. The van der Waals surface area contributed by atoms with Crippen molar-refractivity contribution in [1.82, 2.24) is 5.32 Å². The average molecular weight is 241 g/mol. The van der Waals surface area contributed by atoms with Crippen LogP contribution in [-0.4, -0.2) is 24.7 Å². The Labute approximate surface area is 105 Å². The van der Waals surface area contributed by atoms with Gasteiger partial charge in [0.2, 0.25) is 5.91 Å². The van der Waals surface area contributed by atoms with Gasteiger partial charge in [0.15, 0.2) is 0 Å². The Hall–Kier alpha value is -0.570. The van der Waals surface area contributed by atoms with Gasteiger partial charge in [0.1, 0.15) is 6.61 Å². The van der Waals surface area contributed by atoms with Gasteiger partial charge in [-0.15, -0.1) is 0 Å². The van der Waals surface area contributed by atoms with Crippen molar-refractivity contribution in [1.29, 1.82) is 0 Å². The highest BCUT2D eigenvalue weighted by Crippen LogP contribution is 2.34. The number of carbonyl (C=O) groups excluding carboxylic acids is 1. The molecule has 0 unspecified atom stereocenters. The van der Waals surface area contributed by atoms with Crippen LogP contribution in [0.2, 0.25) is 0 Å². The summed E-state index contributed by atoms with van der Waals surface area (Å²) in [7, 11) is 0. The molecule has 0 spiro atoms. The number of rotatable bonds is 4. The van der Waals surface area contributed by atoms with E-state index in [0.29, 0.717) is 5.41 Å². The molecule has 17 heavy (non-hydrogen) atoms. The molecule has 1 fully saturated rings. The van der Waals surface area contributed by atoms with Crippen LogP contribution in [0.15, 0.2) is 0 Å². The van der Waals surface area contributed by atoms with E-state index in [1.165, 1.54) is 32.1 Å². The van der Waals surface area contributed by atoms with E-state index in [1.807, 2.05) is 20.8 Å². The summed E-state index contributed by atoms with van der Waals surface area (Å²) in [6.45, 7) is 9.12. The van der Waals surface area contributed by atoms with Crippen molar-refractivity contribution in [2.24, 2.45) is 5.41 Å². The normalized spacial score (nSPS) is 20.0. The molecule has 0 aromatic carbocycles. The second kappa shape index (κ2) is 5.85. The fourth-order valence-corrected chi connectivity index (χ4v) is 2.23. The molecule has 0 radical (unpaired) electrons. The SMILES string of the molecule is CC1(CNC(=O)COC(C)(C)C)CCCCC1. The van der Waals surface area contributed by atoms with Gasteiger partial charge in [0.25, 0.3) is 0 Å². The van der Waals surface area contributed by atoms with Crippen molar-refractivity contribution in [3.05, 3.63) is 0 Å². The molecule has 0 bridgehead atoms. The molecule has 0 saturated heterocycles. The molecule has 1 aliphatic rings. The van der Waals surface area contributed by atoms with Gasteiger partial charge < -0.3 is 10.1 Å². The van der Waals surface area contributed by atoms with Crippen LogP contribution < -0.4 is 5.32 Å². The predicted octanol–water partition coefficient (Wildman–Crippen LogP) is 2.89. The number of hydrogen-bond donors (Lipinski definition) is 1. The Kier molecular flexibility index (Phi) is 4.99. The molecule has 0 aromatic heterocycles. The summed E-state index contributed by atoms with van der Waals surface area (Å²) in [5.41, 5.74) is 0.0573. The molecule has 3 nitrogen and oxygen atoms in total. The van der Waals surface area contributed by atoms with Crippen LogP contribution in [0.4, 0.5) is 0 Å². The van der Waals surface area contributed by atoms with Gasteiger partial charge >= 0.3 is 0 Å². The molecule has 0 atom stereocenters. The monoisotopic (exact) mass is 241 g/mol. The van der Waals surface area contributed by atoms with Crippen molar-refractivity contribution in [2.75, 3.05) is 13.2 Å². The predicted molar refractivity (Wildman–Crippen MR) is 69.9 cm³/mol. The smallest absolute Gasteiger partial charge is 0.246 e. The quantitative estimate of drug-likeness (QED) is 0.822. The first-order chi connectivity index (χ1) is 7.81. The van der Waals surface area contributed by atoms with Gasteiger partial charge in [0, 0.05) is 6.54 Å². The third-order valence-electron chi connectivity index (χ3n) is 3.41. The topological polar surface area (TPSA) is 38.3 Å². The summed E-state index contributed by atoms with van der Waals surface area (Å²) >= 11 is 0. The molecule has 1 N–H and O–H groups in total. The summed E-state index contributed by atoms with van der Waals surface area (Å²) in [6.07, 6.45) is 6.40. The summed E-state index contributed by atoms with van der Waals surface area (Å²) in [5, 5.41) is 3.00. The van der Waals surface area contributed by atoms with E-state index < -0.39 is 0 Å². The molecule has 0 heterocycles. The highest BCUT2D eigenvalue weighted by atomic mass is 16.5. The van der Waals surface area contributed by atoms with Gasteiger partial charge in [-0.2, -0.15) is 0 Å². The zero-order valence-electron chi connectivity index (χ0n) is 11.8. The first-order valence-electron chi connectivity index (χ1n) is 6.71. The number of hydrogen-bond acceptors (Lipinski definition) is 2. The van der Waals surface area contributed by atoms with Crippen LogP contribution >= 0.6 is 0 Å². The Morgan fingerprint density at radius 3 is 2.35 bits per heavy atom. The van der Waals surface area contributed by atoms with E-state index in [1.54, 1.807) is 0 Å². The summed E-state index contributed by atoms with van der Waals surface area (Å²) in [4.78, 5) is 11.6. The molecule has 1 saturated carbocycles. The lowest BCUT2D eigenvalue weighted by Gasteiger charge is -2.33. The Balaban J connectivity index is 2.23. The Morgan fingerprint density at radius 2 is 1.82 bits per heavy atom. The highest BCUT2D eigenvalue weighted by Gasteiger charge is 2.27. The first kappa shape index (κ1) is 14.5. The largest absolute Gasteiger partial charge is 0.366 e. The zero-order chi connectivity index (χ0) is 12.9. The van der Waals surface area contributed by atoms with E-state index in [-0.39, 0.29) is 18.1 Å². The minimum Gasteiger partial charge on any atom is -0.366 e. The molecular formula is C14H27NO2.